The molecular formula is C27H25N5O2. The van der Waals surface area contributed by atoms with Gasteiger partial charge < -0.3 is 10.3 Å². The quantitative estimate of drug-likeness (QED) is 0.531. The molecular weight excluding hydrogens is 426 g/mol. The molecule has 0 unspecified atom stereocenters. The molecule has 1 saturated carbocycles. The minimum absolute atomic E-state index is 0.0249. The number of aromatic nitrogens is 1. The predicted molar refractivity (Wildman–Crippen MR) is 132 cm³/mol. The van der Waals surface area contributed by atoms with Crippen LogP contribution in [-0.4, -0.2) is 47.5 Å². The third-order valence-corrected chi connectivity index (χ3v) is 6.88. The van der Waals surface area contributed by atoms with Gasteiger partial charge >= 0.3 is 0 Å². The minimum atomic E-state index is -0.305. The number of aromatic amines is 1. The number of carbonyl (C=O) groups excluding carboxylic acids is 2. The number of H-pyrrole nitrogens is 1. The first-order chi connectivity index (χ1) is 16.7. The van der Waals surface area contributed by atoms with Crippen molar-refractivity contribution in [3.63, 3.8) is 0 Å². The lowest BCUT2D eigenvalue weighted by molar-refractivity contribution is -0.117. The number of amides is 2. The summed E-state index contributed by atoms with van der Waals surface area (Å²) in [6.07, 6.45) is 4.93. The van der Waals surface area contributed by atoms with Crippen molar-refractivity contribution >= 4 is 34.6 Å². The molecule has 1 saturated heterocycles. The summed E-state index contributed by atoms with van der Waals surface area (Å²) in [5.41, 5.74) is 7.08. The maximum absolute atomic E-state index is 12.9. The Kier molecular flexibility index (Phi) is 5.16. The Morgan fingerprint density at radius 3 is 2.82 bits per heavy atom. The number of rotatable bonds is 4. The standard InChI is InChI=1S/C27H25N5O2/c33-26(20-15-19(20)17-7-2-1-3-8-17)29-18-13-21-25-22(16-28-31-27(21)34)23(30-24(25)14-18)9-6-12-32-10-4-5-11-32/h1-3,7-8,13-14,16,19-20,30H,4-5,10-12,15H2,(H,29,33)(H,31,34)/t19-,20+/m0/s1. The summed E-state index contributed by atoms with van der Waals surface area (Å²) >= 11 is 0. The molecule has 2 amide bonds. The van der Waals surface area contributed by atoms with Crippen LogP contribution in [0.3, 0.4) is 0 Å². The van der Waals surface area contributed by atoms with Gasteiger partial charge in [-0.3, -0.25) is 14.5 Å². The highest BCUT2D eigenvalue weighted by molar-refractivity contribution is 6.16. The number of nitrogens with zero attached hydrogens (tertiary/aromatic N) is 2. The van der Waals surface area contributed by atoms with E-state index in [2.05, 4.69) is 49.7 Å². The monoisotopic (exact) mass is 451 g/mol. The van der Waals surface area contributed by atoms with Gasteiger partial charge in [0.25, 0.3) is 5.91 Å². The van der Waals surface area contributed by atoms with E-state index in [0.717, 1.165) is 48.2 Å². The summed E-state index contributed by atoms with van der Waals surface area (Å²) in [6, 6.07) is 13.7. The second kappa shape index (κ2) is 8.47. The molecule has 2 fully saturated rings. The summed E-state index contributed by atoms with van der Waals surface area (Å²) in [7, 11) is 0. The highest BCUT2D eigenvalue weighted by Crippen LogP contribution is 2.48. The van der Waals surface area contributed by atoms with Crippen LogP contribution in [0.1, 0.15) is 52.4 Å². The van der Waals surface area contributed by atoms with Crippen molar-refractivity contribution < 1.29 is 9.59 Å². The maximum Gasteiger partial charge on any atom is 0.272 e. The second-order valence-electron chi connectivity index (χ2n) is 9.19. The van der Waals surface area contributed by atoms with Crippen molar-refractivity contribution in [2.24, 2.45) is 11.0 Å². The Morgan fingerprint density at radius 1 is 1.18 bits per heavy atom. The molecule has 0 spiro atoms. The summed E-state index contributed by atoms with van der Waals surface area (Å²) in [6.45, 7) is 2.90. The van der Waals surface area contributed by atoms with Crippen LogP contribution in [0.4, 0.5) is 5.69 Å². The van der Waals surface area contributed by atoms with Gasteiger partial charge in [-0.1, -0.05) is 36.3 Å². The fourth-order valence-electron chi connectivity index (χ4n) is 5.02. The van der Waals surface area contributed by atoms with Crippen LogP contribution in [0.2, 0.25) is 0 Å². The molecule has 6 rings (SSSR count). The van der Waals surface area contributed by atoms with Crippen molar-refractivity contribution in [1.82, 2.24) is 15.3 Å². The zero-order valence-corrected chi connectivity index (χ0v) is 18.7. The number of nitrogens with one attached hydrogen (secondary N) is 3. The zero-order valence-electron chi connectivity index (χ0n) is 18.7. The molecule has 34 heavy (non-hydrogen) atoms. The van der Waals surface area contributed by atoms with Crippen LogP contribution in [0.15, 0.2) is 47.6 Å². The van der Waals surface area contributed by atoms with Gasteiger partial charge in [-0.25, -0.2) is 5.43 Å². The fraction of sp³-hybridized carbons (Fsp3) is 0.296. The molecule has 0 bridgehead atoms. The SMILES string of the molecule is O=C1NN=Cc2c(C#CCN3CCCC3)[nH]c3cc(NC(=O)[C@@H]4C[C@H]4c4ccccc4)cc1c23. The van der Waals surface area contributed by atoms with E-state index in [1.165, 1.54) is 18.4 Å². The van der Waals surface area contributed by atoms with Gasteiger partial charge in [0, 0.05) is 28.1 Å². The van der Waals surface area contributed by atoms with Crippen LogP contribution in [0, 0.1) is 17.8 Å². The van der Waals surface area contributed by atoms with Crippen LogP contribution in [-0.2, 0) is 4.79 Å². The lowest BCUT2D eigenvalue weighted by atomic mass is 10.0. The van der Waals surface area contributed by atoms with Gasteiger partial charge in [0.2, 0.25) is 5.91 Å². The Balaban J connectivity index is 1.28. The number of hydrogen-bond acceptors (Lipinski definition) is 4. The molecule has 3 aromatic rings. The summed E-state index contributed by atoms with van der Waals surface area (Å²) in [5.74, 6) is 6.35. The summed E-state index contributed by atoms with van der Waals surface area (Å²) in [4.78, 5) is 31.3. The van der Waals surface area contributed by atoms with E-state index >= 15 is 0 Å². The molecule has 170 valence electrons. The van der Waals surface area contributed by atoms with E-state index in [0.29, 0.717) is 11.3 Å². The number of anilines is 1. The molecule has 3 aliphatic rings. The van der Waals surface area contributed by atoms with E-state index in [4.69, 9.17) is 0 Å². The number of hydrogen-bond donors (Lipinski definition) is 3. The third-order valence-electron chi connectivity index (χ3n) is 6.88. The second-order valence-corrected chi connectivity index (χ2v) is 9.19. The highest BCUT2D eigenvalue weighted by Gasteiger charge is 2.43. The maximum atomic E-state index is 12.9. The largest absolute Gasteiger partial charge is 0.347 e. The normalized spacial score (nSPS) is 21.0. The van der Waals surface area contributed by atoms with Gasteiger partial charge in [-0.15, -0.1) is 0 Å². The third kappa shape index (κ3) is 3.87. The number of carbonyl (C=O) groups is 2. The number of benzene rings is 2. The molecule has 7 nitrogen and oxygen atoms in total. The smallest absolute Gasteiger partial charge is 0.272 e. The van der Waals surface area contributed by atoms with Crippen LogP contribution in [0.25, 0.3) is 10.9 Å². The molecule has 0 radical (unpaired) electrons. The van der Waals surface area contributed by atoms with Crippen LogP contribution < -0.4 is 10.7 Å². The highest BCUT2D eigenvalue weighted by atomic mass is 16.2. The molecule has 3 N–H and O–H groups in total. The summed E-state index contributed by atoms with van der Waals surface area (Å²) in [5, 5.41) is 7.87. The van der Waals surface area contributed by atoms with Crippen molar-refractivity contribution in [3.05, 3.63) is 64.8 Å². The Bertz CT molecular complexity index is 1370. The van der Waals surface area contributed by atoms with E-state index < -0.39 is 0 Å². The Morgan fingerprint density at radius 2 is 2.00 bits per heavy atom. The van der Waals surface area contributed by atoms with Crippen LogP contribution >= 0.6 is 0 Å². The molecule has 7 heteroatoms. The first-order valence-corrected chi connectivity index (χ1v) is 11.8. The van der Waals surface area contributed by atoms with Crippen molar-refractivity contribution in [1.29, 1.82) is 0 Å². The van der Waals surface area contributed by atoms with Gasteiger partial charge in [-0.05, 0) is 61.9 Å². The molecule has 1 aliphatic carbocycles. The van der Waals surface area contributed by atoms with Gasteiger partial charge in [0.05, 0.1) is 24.0 Å². The average molecular weight is 452 g/mol. The number of hydrazone groups is 1. The first kappa shape index (κ1) is 20.7. The fourth-order valence-corrected chi connectivity index (χ4v) is 5.02. The predicted octanol–water partition coefficient (Wildman–Crippen LogP) is 3.43. The van der Waals surface area contributed by atoms with E-state index in [1.54, 1.807) is 12.3 Å². The summed E-state index contributed by atoms with van der Waals surface area (Å²) < 4.78 is 0. The van der Waals surface area contributed by atoms with E-state index in [1.807, 2.05) is 24.3 Å². The Hall–Kier alpha value is -3.89. The lowest BCUT2D eigenvalue weighted by Crippen LogP contribution is -2.19. The Labute approximate surface area is 197 Å². The zero-order chi connectivity index (χ0) is 23.1. The molecule has 2 atom stereocenters. The van der Waals surface area contributed by atoms with Crippen molar-refractivity contribution in [3.8, 4) is 11.8 Å². The van der Waals surface area contributed by atoms with E-state index in [9.17, 15) is 9.59 Å². The topological polar surface area (TPSA) is 89.6 Å². The van der Waals surface area contributed by atoms with Crippen molar-refractivity contribution in [2.45, 2.75) is 25.2 Å². The number of likely N-dealkylation sites (tertiary alicyclic amines) is 1. The average Bonchev–Trinajstić information content (AvgIpc) is 3.40. The van der Waals surface area contributed by atoms with Crippen molar-refractivity contribution in [2.75, 3.05) is 25.0 Å². The van der Waals surface area contributed by atoms with Gasteiger partial charge in [0.1, 0.15) is 0 Å². The minimum Gasteiger partial charge on any atom is -0.347 e. The van der Waals surface area contributed by atoms with Crippen LogP contribution in [0.5, 0.6) is 0 Å². The van der Waals surface area contributed by atoms with Gasteiger partial charge in [0.15, 0.2) is 0 Å². The molecule has 1 aromatic heterocycles. The lowest BCUT2D eigenvalue weighted by Gasteiger charge is -2.08. The molecule has 3 heterocycles. The molecule has 2 aromatic carbocycles. The van der Waals surface area contributed by atoms with Gasteiger partial charge in [-0.2, -0.15) is 5.10 Å². The first-order valence-electron chi connectivity index (χ1n) is 11.8. The van der Waals surface area contributed by atoms with E-state index in [-0.39, 0.29) is 23.7 Å². The molecule has 2 aliphatic heterocycles.